The molecule has 1 aromatic rings. The lowest BCUT2D eigenvalue weighted by atomic mass is 10.1. The predicted molar refractivity (Wildman–Crippen MR) is 28.6 cm³/mol. The highest BCUT2D eigenvalue weighted by Gasteiger charge is 1.83. The van der Waals surface area contributed by atoms with Crippen molar-refractivity contribution in [1.82, 2.24) is 9.55 Å². The van der Waals surface area contributed by atoms with E-state index < -0.39 is 0 Å². The molecule has 0 unspecified atom stereocenters. The minimum Gasteiger partial charge on any atom is -0.347 e. The van der Waals surface area contributed by atoms with Crippen LogP contribution in [0.25, 0.3) is 0 Å². The Hall–Kier alpha value is -0.725. The lowest BCUT2D eigenvalue weighted by Gasteiger charge is -1.88. The van der Waals surface area contributed by atoms with E-state index >= 15 is 0 Å². The zero-order chi connectivity index (χ0) is 5.28. The number of hydrogen-bond donors (Lipinski definition) is 0. The van der Waals surface area contributed by atoms with Gasteiger partial charge in [0.05, 0.1) is 0 Å². The van der Waals surface area contributed by atoms with Gasteiger partial charge in [-0.15, -0.1) is 0 Å². The van der Waals surface area contributed by atoms with Crippen molar-refractivity contribution in [2.75, 3.05) is 0 Å². The van der Waals surface area contributed by atoms with Crippen LogP contribution in [0.4, 0.5) is 0 Å². The first-order valence-corrected chi connectivity index (χ1v) is 2.03. The van der Waals surface area contributed by atoms with E-state index in [0.717, 1.165) is 0 Å². The summed E-state index contributed by atoms with van der Waals surface area (Å²) in [5.74, 6) is 0. The van der Waals surface area contributed by atoms with Crippen molar-refractivity contribution >= 4 is 13.6 Å². The molecule has 0 N–H and O–H groups in total. The third kappa shape index (κ3) is 0.658. The van der Waals surface area contributed by atoms with E-state index in [9.17, 15) is 0 Å². The monoisotopic (exact) mass is 92.1 g/mol. The van der Waals surface area contributed by atoms with Gasteiger partial charge in [-0.05, 0) is 0 Å². The van der Waals surface area contributed by atoms with Crippen LogP contribution in [0.15, 0.2) is 12.4 Å². The van der Waals surface area contributed by atoms with Crippen LogP contribution in [-0.4, -0.2) is 17.4 Å². The van der Waals surface area contributed by atoms with E-state index in [1.165, 1.54) is 0 Å². The molecule has 0 saturated heterocycles. The molecule has 0 amide bonds. The fraction of sp³-hybridized carbons (Fsp3) is 0.250. The number of hydrogen-bond acceptors (Lipinski definition) is 1. The predicted octanol–water partition coefficient (Wildman–Crippen LogP) is -0.786. The highest BCUT2D eigenvalue weighted by molar-refractivity contribution is 6.29. The van der Waals surface area contributed by atoms with Crippen LogP contribution in [-0.2, 0) is 7.05 Å². The van der Waals surface area contributed by atoms with Gasteiger partial charge in [0.2, 0.25) is 0 Å². The first-order chi connectivity index (χ1) is 3.30. The summed E-state index contributed by atoms with van der Waals surface area (Å²) in [5.41, 5.74) is 0.556. The third-order valence-corrected chi connectivity index (χ3v) is 0.858. The molecule has 0 atom stereocenters. The SMILES string of the molecule is [B]c1nccn1C. The van der Waals surface area contributed by atoms with Gasteiger partial charge in [0.25, 0.3) is 0 Å². The van der Waals surface area contributed by atoms with Crippen molar-refractivity contribution in [3.8, 4) is 0 Å². The largest absolute Gasteiger partial charge is 0.347 e. The zero-order valence-corrected chi connectivity index (χ0v) is 4.13. The molecule has 1 aromatic heterocycles. The second-order valence-electron chi connectivity index (χ2n) is 1.40. The molecular weight excluding hydrogens is 86.9 g/mol. The summed E-state index contributed by atoms with van der Waals surface area (Å²) in [7, 11) is 7.14. The Morgan fingerprint density at radius 1 is 1.86 bits per heavy atom. The van der Waals surface area contributed by atoms with Gasteiger partial charge in [0.15, 0.2) is 7.85 Å². The van der Waals surface area contributed by atoms with Crippen molar-refractivity contribution in [2.24, 2.45) is 7.05 Å². The van der Waals surface area contributed by atoms with E-state index in [1.54, 1.807) is 17.0 Å². The van der Waals surface area contributed by atoms with Crippen molar-refractivity contribution in [2.45, 2.75) is 0 Å². The standard InChI is InChI=1S/C4H5BN2/c1-7-3-2-6-4(7)5/h2-3H,1H3. The molecule has 0 saturated carbocycles. The van der Waals surface area contributed by atoms with E-state index in [2.05, 4.69) is 4.98 Å². The summed E-state index contributed by atoms with van der Waals surface area (Å²) in [6.07, 6.45) is 3.46. The summed E-state index contributed by atoms with van der Waals surface area (Å²) < 4.78 is 1.75. The van der Waals surface area contributed by atoms with Crippen molar-refractivity contribution < 1.29 is 0 Å². The number of imidazole rings is 1. The maximum atomic E-state index is 5.29. The van der Waals surface area contributed by atoms with Crippen LogP contribution in [0, 0.1) is 0 Å². The van der Waals surface area contributed by atoms with Crippen molar-refractivity contribution in [3.05, 3.63) is 12.4 Å². The smallest absolute Gasteiger partial charge is 0.167 e. The second-order valence-corrected chi connectivity index (χ2v) is 1.40. The van der Waals surface area contributed by atoms with Gasteiger partial charge in [0.1, 0.15) is 0 Å². The van der Waals surface area contributed by atoms with Crippen molar-refractivity contribution in [3.63, 3.8) is 0 Å². The van der Waals surface area contributed by atoms with Crippen LogP contribution >= 0.6 is 0 Å². The molecule has 2 nitrogen and oxygen atoms in total. The van der Waals surface area contributed by atoms with Gasteiger partial charge < -0.3 is 4.57 Å². The Morgan fingerprint density at radius 2 is 2.57 bits per heavy atom. The van der Waals surface area contributed by atoms with Crippen LogP contribution < -0.4 is 5.72 Å². The third-order valence-electron chi connectivity index (χ3n) is 0.858. The van der Waals surface area contributed by atoms with Crippen LogP contribution in [0.5, 0.6) is 0 Å². The average molecular weight is 91.9 g/mol. The van der Waals surface area contributed by atoms with Gasteiger partial charge >= 0.3 is 0 Å². The summed E-state index contributed by atoms with van der Waals surface area (Å²) in [4.78, 5) is 3.76. The number of nitrogens with zero attached hydrogens (tertiary/aromatic N) is 2. The van der Waals surface area contributed by atoms with Crippen LogP contribution in [0.1, 0.15) is 0 Å². The molecule has 0 fully saturated rings. The maximum Gasteiger partial charge on any atom is 0.167 e. The molecule has 2 radical (unpaired) electrons. The molecule has 0 bridgehead atoms. The lowest BCUT2D eigenvalue weighted by Crippen LogP contribution is -2.14. The van der Waals surface area contributed by atoms with Crippen molar-refractivity contribution in [1.29, 1.82) is 0 Å². The number of rotatable bonds is 0. The minimum absolute atomic E-state index is 0.556. The molecule has 0 aliphatic carbocycles. The molecule has 3 heteroatoms. The molecule has 0 aromatic carbocycles. The molecule has 34 valence electrons. The molecule has 0 aliphatic rings. The van der Waals surface area contributed by atoms with Gasteiger partial charge in [0, 0.05) is 25.2 Å². The molecule has 0 spiro atoms. The van der Waals surface area contributed by atoms with E-state index in [1.807, 2.05) is 7.05 Å². The summed E-state index contributed by atoms with van der Waals surface area (Å²) in [6, 6.07) is 0. The quantitative estimate of drug-likeness (QED) is 0.383. The Labute approximate surface area is 43.6 Å². The Kier molecular flexibility index (Phi) is 0.892. The van der Waals surface area contributed by atoms with Crippen LogP contribution in [0.3, 0.4) is 0 Å². The van der Waals surface area contributed by atoms with E-state index in [0.29, 0.717) is 5.72 Å². The Bertz CT molecular complexity index is 142. The van der Waals surface area contributed by atoms with Gasteiger partial charge in [-0.25, -0.2) is 0 Å². The summed E-state index contributed by atoms with van der Waals surface area (Å²) >= 11 is 0. The first kappa shape index (κ1) is 4.43. The average Bonchev–Trinajstić information content (AvgIpc) is 1.91. The second kappa shape index (κ2) is 1.41. The minimum atomic E-state index is 0.556. The zero-order valence-electron chi connectivity index (χ0n) is 4.13. The number of aromatic nitrogens is 2. The van der Waals surface area contributed by atoms with Gasteiger partial charge in [-0.1, -0.05) is 0 Å². The topological polar surface area (TPSA) is 17.8 Å². The highest BCUT2D eigenvalue weighted by atomic mass is 15.0. The maximum absolute atomic E-state index is 5.29. The summed E-state index contributed by atoms with van der Waals surface area (Å²) in [6.45, 7) is 0. The fourth-order valence-electron chi connectivity index (χ4n) is 0.377. The normalized spacial score (nSPS) is 9.29. The fourth-order valence-corrected chi connectivity index (χ4v) is 0.377. The Balaban J connectivity index is 3.12. The molecule has 1 heterocycles. The summed E-state index contributed by atoms with van der Waals surface area (Å²) in [5, 5.41) is 0. The lowest BCUT2D eigenvalue weighted by molar-refractivity contribution is 0.951. The number of aryl methyl sites for hydroxylation is 1. The molecular formula is C4H5BN2. The van der Waals surface area contributed by atoms with Crippen LogP contribution in [0.2, 0.25) is 0 Å². The van der Waals surface area contributed by atoms with Gasteiger partial charge in [-0.2, -0.15) is 0 Å². The molecule has 1 rings (SSSR count). The highest BCUT2D eigenvalue weighted by Crippen LogP contribution is 1.69. The van der Waals surface area contributed by atoms with E-state index in [-0.39, 0.29) is 0 Å². The van der Waals surface area contributed by atoms with E-state index in [4.69, 9.17) is 7.85 Å². The molecule has 0 aliphatic heterocycles. The van der Waals surface area contributed by atoms with Gasteiger partial charge in [-0.3, -0.25) is 4.98 Å². The Morgan fingerprint density at radius 3 is 2.71 bits per heavy atom. The first-order valence-electron chi connectivity index (χ1n) is 2.03. The molecule has 7 heavy (non-hydrogen) atoms.